The summed E-state index contributed by atoms with van der Waals surface area (Å²) in [6, 6.07) is 12.4. The highest BCUT2D eigenvalue weighted by Gasteiger charge is 2.41. The minimum Gasteiger partial charge on any atom is -0.329 e. The van der Waals surface area contributed by atoms with Crippen LogP contribution in [0.2, 0.25) is 0 Å². The van der Waals surface area contributed by atoms with Crippen molar-refractivity contribution < 1.29 is 9.37 Å². The summed E-state index contributed by atoms with van der Waals surface area (Å²) in [5, 5.41) is 4.92. The minimum absolute atomic E-state index is 0.0632. The standard InChI is InChI=1S/C30H36BClN7O/c1-2-3-4-6-9-24-21-37(35-34-24)29-17-15-26-30(22-10-12-23(13-11-22)33-27(40)20-32)25-14-16-28(38(25)31-39(26)29)36-18-7-5-8-19-36/h10-17,21,34-35H,2-9,18-20H2,1H3/p+1. The summed E-state index contributed by atoms with van der Waals surface area (Å²) in [4.78, 5) is 14.1. The molecule has 2 aromatic rings. The molecular formula is C30H37BClN7O+. The van der Waals surface area contributed by atoms with Crippen molar-refractivity contribution >= 4 is 48.0 Å². The van der Waals surface area contributed by atoms with Crippen LogP contribution in [0, 0.1) is 0 Å². The largest absolute Gasteiger partial charge is 0.553 e. The first-order valence-corrected chi connectivity index (χ1v) is 15.1. The maximum Gasteiger partial charge on any atom is 0.553 e. The minimum atomic E-state index is -0.211. The number of amidine groups is 1. The van der Waals surface area contributed by atoms with Crippen LogP contribution in [-0.4, -0.2) is 52.1 Å². The maximum absolute atomic E-state index is 11.8. The lowest BCUT2D eigenvalue weighted by atomic mass is 9.91. The fourth-order valence-electron chi connectivity index (χ4n) is 5.90. The zero-order valence-corrected chi connectivity index (χ0v) is 23.9. The molecular weight excluding hydrogens is 521 g/mol. The molecule has 4 aliphatic heterocycles. The highest BCUT2D eigenvalue weighted by Crippen LogP contribution is 2.39. The molecule has 3 N–H and O–H groups in total. The predicted molar refractivity (Wildman–Crippen MR) is 163 cm³/mol. The van der Waals surface area contributed by atoms with Gasteiger partial charge >= 0.3 is 7.55 Å². The van der Waals surface area contributed by atoms with Crippen LogP contribution >= 0.6 is 11.6 Å². The summed E-state index contributed by atoms with van der Waals surface area (Å²) in [7, 11) is 2.22. The molecule has 5 heterocycles. The Morgan fingerprint density at radius 3 is 2.65 bits per heavy atom. The van der Waals surface area contributed by atoms with Crippen LogP contribution in [0.3, 0.4) is 0 Å². The van der Waals surface area contributed by atoms with Gasteiger partial charge in [-0.1, -0.05) is 38.3 Å². The first kappa shape index (κ1) is 26.8. The van der Waals surface area contributed by atoms with Gasteiger partial charge in [-0.15, -0.1) is 17.1 Å². The van der Waals surface area contributed by atoms with Crippen LogP contribution in [0.15, 0.2) is 66.1 Å². The van der Waals surface area contributed by atoms with Gasteiger partial charge in [0.05, 0.1) is 13.1 Å². The van der Waals surface area contributed by atoms with Crippen LogP contribution in [-0.2, 0) is 4.79 Å². The number of nitrogens with one attached hydrogen (secondary N) is 3. The number of carbonyl (C=O) groups is 1. The van der Waals surface area contributed by atoms with Crippen molar-refractivity contribution in [2.24, 2.45) is 0 Å². The lowest BCUT2D eigenvalue weighted by Crippen LogP contribution is -2.45. The van der Waals surface area contributed by atoms with Gasteiger partial charge < -0.3 is 15.2 Å². The Kier molecular flexibility index (Phi) is 8.02. The van der Waals surface area contributed by atoms with Crippen LogP contribution in [0.5, 0.6) is 0 Å². The molecule has 8 nitrogen and oxygen atoms in total. The molecule has 0 unspecified atom stereocenters. The van der Waals surface area contributed by atoms with Gasteiger partial charge in [0.15, 0.2) is 0 Å². The molecule has 1 fully saturated rings. The number of piperidine rings is 1. The Morgan fingerprint density at radius 1 is 1.05 bits per heavy atom. The number of hydrazine groups is 2. The van der Waals surface area contributed by atoms with E-state index in [0.717, 1.165) is 53.5 Å². The number of hydrogen-bond acceptors (Lipinski definition) is 4. The fraction of sp³-hybridized carbons (Fsp3) is 0.400. The Hall–Kier alpha value is -3.43. The zero-order chi connectivity index (χ0) is 27.5. The summed E-state index contributed by atoms with van der Waals surface area (Å²) >= 11 is 5.69. The van der Waals surface area contributed by atoms with E-state index in [0.29, 0.717) is 0 Å². The molecule has 1 aromatic heterocycles. The number of anilines is 2. The third-order valence-electron chi connectivity index (χ3n) is 7.96. The number of aromatic nitrogens is 1. The van der Waals surface area contributed by atoms with E-state index in [1.54, 1.807) is 0 Å². The Morgan fingerprint density at radius 2 is 1.88 bits per heavy atom. The number of amides is 1. The first-order chi connectivity index (χ1) is 19.7. The quantitative estimate of drug-likeness (QED) is 0.177. The number of carbonyl (C=O) groups excluding carboxylic acids is 1. The Bertz CT molecular complexity index is 1380. The normalized spacial score (nSPS) is 18.0. The van der Waals surface area contributed by atoms with E-state index in [4.69, 9.17) is 11.6 Å². The number of fused-ring (bicyclic) bond motifs is 2. The Balaban J connectivity index is 1.35. The number of alkyl halides is 1. The number of hydrogen-bond donors (Lipinski definition) is 3. The molecule has 0 spiro atoms. The van der Waals surface area contributed by atoms with Gasteiger partial charge in [-0.05, 0) is 68.0 Å². The van der Waals surface area contributed by atoms with Gasteiger partial charge in [-0.3, -0.25) is 14.2 Å². The molecule has 1 amide bonds. The van der Waals surface area contributed by atoms with Gasteiger partial charge in [-0.2, -0.15) is 0 Å². The second-order valence-electron chi connectivity index (χ2n) is 10.8. The van der Waals surface area contributed by atoms with Gasteiger partial charge in [-0.25, -0.2) is 5.01 Å². The molecule has 4 aliphatic rings. The molecule has 0 bridgehead atoms. The van der Waals surface area contributed by atoms with E-state index >= 15 is 0 Å². The SMILES string of the molecule is CCCCCCC1=CN(c2ccc3n2[B]N2C(=C3c3ccc(NC(=O)CCl)cc3)C=CC2=[N+]2CCCCC2)NN1. The Labute approximate surface area is 242 Å². The molecule has 207 valence electrons. The van der Waals surface area contributed by atoms with Crippen LogP contribution in [0.25, 0.3) is 5.57 Å². The number of halogens is 1. The summed E-state index contributed by atoms with van der Waals surface area (Å²) in [5.41, 5.74) is 13.2. The highest BCUT2D eigenvalue weighted by atomic mass is 35.5. The van der Waals surface area contributed by atoms with Crippen LogP contribution in [0.1, 0.15) is 69.5 Å². The molecule has 40 heavy (non-hydrogen) atoms. The van der Waals surface area contributed by atoms with Gasteiger partial charge in [0, 0.05) is 34.9 Å². The molecule has 0 saturated carbocycles. The van der Waals surface area contributed by atoms with Crippen LogP contribution < -0.4 is 21.3 Å². The van der Waals surface area contributed by atoms with Crippen molar-refractivity contribution in [1.29, 1.82) is 0 Å². The average Bonchev–Trinajstić information content (AvgIpc) is 3.73. The topological polar surface area (TPSA) is 67.6 Å². The van der Waals surface area contributed by atoms with E-state index in [9.17, 15) is 4.79 Å². The number of nitrogens with zero attached hydrogens (tertiary/aromatic N) is 4. The lowest BCUT2D eigenvalue weighted by Gasteiger charge is -2.28. The van der Waals surface area contributed by atoms with E-state index in [2.05, 4.69) is 92.2 Å². The molecule has 0 aliphatic carbocycles. The van der Waals surface area contributed by atoms with Crippen molar-refractivity contribution in [1.82, 2.24) is 20.2 Å². The zero-order valence-electron chi connectivity index (χ0n) is 23.1. The highest BCUT2D eigenvalue weighted by molar-refractivity contribution is 6.41. The molecule has 1 saturated heterocycles. The molecule has 1 aromatic carbocycles. The molecule has 0 atom stereocenters. The van der Waals surface area contributed by atoms with E-state index in [1.165, 1.54) is 56.5 Å². The van der Waals surface area contributed by atoms with Crippen molar-refractivity contribution in [3.8, 4) is 0 Å². The van der Waals surface area contributed by atoms with Gasteiger partial charge in [0.25, 0.3) is 5.84 Å². The number of rotatable bonds is 9. The number of unbranched alkanes of at least 4 members (excludes halogenated alkanes) is 3. The predicted octanol–water partition coefficient (Wildman–Crippen LogP) is 4.93. The third-order valence-corrected chi connectivity index (χ3v) is 8.21. The van der Waals surface area contributed by atoms with Crippen molar-refractivity contribution in [2.75, 3.05) is 29.3 Å². The fourth-order valence-corrected chi connectivity index (χ4v) is 5.97. The molecule has 10 heteroatoms. The number of allylic oxidation sites excluding steroid dienone is 2. The third kappa shape index (κ3) is 5.32. The second-order valence-corrected chi connectivity index (χ2v) is 11.0. The maximum atomic E-state index is 11.8. The molecule has 1 radical (unpaired) electrons. The lowest BCUT2D eigenvalue weighted by molar-refractivity contribution is -0.539. The summed E-state index contributed by atoms with van der Waals surface area (Å²) < 4.78 is 4.77. The smallest absolute Gasteiger partial charge is 0.329 e. The first-order valence-electron chi connectivity index (χ1n) is 14.5. The van der Waals surface area contributed by atoms with Crippen molar-refractivity contribution in [3.63, 3.8) is 0 Å². The average molecular weight is 558 g/mol. The van der Waals surface area contributed by atoms with Gasteiger partial charge in [0.2, 0.25) is 5.91 Å². The van der Waals surface area contributed by atoms with Crippen molar-refractivity contribution in [3.05, 3.63) is 77.4 Å². The van der Waals surface area contributed by atoms with Crippen molar-refractivity contribution in [2.45, 2.75) is 58.3 Å². The van der Waals surface area contributed by atoms with E-state index in [-0.39, 0.29) is 11.8 Å². The van der Waals surface area contributed by atoms with E-state index in [1.807, 2.05) is 12.1 Å². The summed E-state index contributed by atoms with van der Waals surface area (Å²) in [6.45, 7) is 4.40. The molecule has 6 rings (SSSR count). The second kappa shape index (κ2) is 12.0. The number of benzene rings is 1. The monoisotopic (exact) mass is 557 g/mol. The van der Waals surface area contributed by atoms with E-state index < -0.39 is 0 Å². The summed E-state index contributed by atoms with van der Waals surface area (Å²) in [6.07, 6.45) is 16.4. The van der Waals surface area contributed by atoms with Gasteiger partial charge in [0.1, 0.15) is 17.4 Å². The summed E-state index contributed by atoms with van der Waals surface area (Å²) in [5.74, 6) is 1.99. The van der Waals surface area contributed by atoms with Crippen LogP contribution in [0.4, 0.5) is 11.5 Å².